The molecule has 0 bridgehead atoms. The van der Waals surface area contributed by atoms with Gasteiger partial charge in [0.15, 0.2) is 0 Å². The van der Waals surface area contributed by atoms with Crippen LogP contribution >= 0.6 is 0 Å². The lowest BCUT2D eigenvalue weighted by molar-refractivity contribution is -0.139. The van der Waals surface area contributed by atoms with Crippen LogP contribution in [0.1, 0.15) is 18.2 Å². The number of ether oxygens (including phenoxy) is 1. The zero-order valence-electron chi connectivity index (χ0n) is 15.4. The van der Waals surface area contributed by atoms with E-state index in [-0.39, 0.29) is 17.5 Å². The Morgan fingerprint density at radius 1 is 1.30 bits per heavy atom. The van der Waals surface area contributed by atoms with E-state index in [1.165, 1.54) is 0 Å². The van der Waals surface area contributed by atoms with Gasteiger partial charge in [-0.25, -0.2) is 4.98 Å². The van der Waals surface area contributed by atoms with Crippen LogP contribution in [0.15, 0.2) is 29.3 Å². The van der Waals surface area contributed by atoms with E-state index < -0.39 is 0 Å². The van der Waals surface area contributed by atoms with Crippen molar-refractivity contribution in [2.45, 2.75) is 25.9 Å². The zero-order chi connectivity index (χ0) is 18.8. The number of amides is 1. The molecule has 2 aliphatic heterocycles. The Kier molecular flexibility index (Phi) is 5.00. The molecule has 0 saturated carbocycles. The smallest absolute Gasteiger partial charge is 0.254 e. The number of morpholine rings is 1. The van der Waals surface area contributed by atoms with Crippen LogP contribution in [0.2, 0.25) is 0 Å². The summed E-state index contributed by atoms with van der Waals surface area (Å²) in [5.74, 6) is 0.565. The van der Waals surface area contributed by atoms with Gasteiger partial charge in [-0.1, -0.05) is 0 Å². The van der Waals surface area contributed by atoms with Crippen molar-refractivity contribution >= 4 is 5.91 Å². The Balaban J connectivity index is 1.56. The summed E-state index contributed by atoms with van der Waals surface area (Å²) in [7, 11) is 0. The first-order valence-corrected chi connectivity index (χ1v) is 9.26. The highest BCUT2D eigenvalue weighted by molar-refractivity contribution is 5.81. The molecule has 8 nitrogen and oxygen atoms in total. The molecule has 1 amide bonds. The second-order valence-corrected chi connectivity index (χ2v) is 6.92. The minimum Gasteiger partial charge on any atom is -0.379 e. The fraction of sp³-hybridized carbons (Fsp3) is 0.474. The average Bonchev–Trinajstić information content (AvgIpc) is 2.73. The summed E-state index contributed by atoms with van der Waals surface area (Å²) in [5.41, 5.74) is 1.96. The second kappa shape index (κ2) is 7.58. The molecule has 4 rings (SSSR count). The summed E-state index contributed by atoms with van der Waals surface area (Å²) in [4.78, 5) is 40.9. The maximum absolute atomic E-state index is 13.0. The highest BCUT2D eigenvalue weighted by Gasteiger charge is 2.30. The SMILES string of the molecule is CC(C(=O)N1CCc2c(nc(-c3cccnc3)[nH]c2=O)C1)N1CCOCC1. The van der Waals surface area contributed by atoms with Crippen molar-refractivity contribution in [3.05, 3.63) is 46.1 Å². The molecule has 2 aromatic rings. The molecular formula is C19H23N5O3. The lowest BCUT2D eigenvalue weighted by Gasteiger charge is -2.36. The lowest BCUT2D eigenvalue weighted by atomic mass is 10.0. The summed E-state index contributed by atoms with van der Waals surface area (Å²) in [5, 5.41) is 0. The molecule has 0 spiro atoms. The topological polar surface area (TPSA) is 91.4 Å². The predicted octanol–water partition coefficient (Wildman–Crippen LogP) is 0.437. The first-order valence-electron chi connectivity index (χ1n) is 9.26. The molecule has 1 N–H and O–H groups in total. The van der Waals surface area contributed by atoms with E-state index in [0.29, 0.717) is 49.8 Å². The molecule has 1 atom stereocenters. The predicted molar refractivity (Wildman–Crippen MR) is 99.1 cm³/mol. The van der Waals surface area contributed by atoms with Crippen molar-refractivity contribution in [3.8, 4) is 11.4 Å². The van der Waals surface area contributed by atoms with Gasteiger partial charge < -0.3 is 14.6 Å². The number of carbonyl (C=O) groups excluding carboxylic acids is 1. The first kappa shape index (κ1) is 17.8. The van der Waals surface area contributed by atoms with Gasteiger partial charge in [0.1, 0.15) is 5.82 Å². The van der Waals surface area contributed by atoms with Crippen LogP contribution < -0.4 is 5.56 Å². The Hall–Kier alpha value is -2.58. The van der Waals surface area contributed by atoms with Gasteiger partial charge in [-0.15, -0.1) is 0 Å². The zero-order valence-corrected chi connectivity index (χ0v) is 15.4. The van der Waals surface area contributed by atoms with E-state index >= 15 is 0 Å². The van der Waals surface area contributed by atoms with E-state index in [4.69, 9.17) is 4.74 Å². The molecule has 2 aliphatic rings. The van der Waals surface area contributed by atoms with E-state index in [0.717, 1.165) is 18.7 Å². The number of hydrogen-bond donors (Lipinski definition) is 1. The number of H-pyrrole nitrogens is 1. The van der Waals surface area contributed by atoms with Gasteiger partial charge in [-0.2, -0.15) is 0 Å². The fourth-order valence-corrected chi connectivity index (χ4v) is 3.65. The summed E-state index contributed by atoms with van der Waals surface area (Å²) >= 11 is 0. The van der Waals surface area contributed by atoms with Crippen LogP contribution in [0.5, 0.6) is 0 Å². The third-order valence-corrected chi connectivity index (χ3v) is 5.27. The molecule has 0 radical (unpaired) electrons. The van der Waals surface area contributed by atoms with Gasteiger partial charge in [0.05, 0.1) is 31.5 Å². The van der Waals surface area contributed by atoms with E-state index in [9.17, 15) is 9.59 Å². The van der Waals surface area contributed by atoms with Crippen molar-refractivity contribution in [1.29, 1.82) is 0 Å². The van der Waals surface area contributed by atoms with Gasteiger partial charge in [0.25, 0.3) is 5.56 Å². The highest BCUT2D eigenvalue weighted by Crippen LogP contribution is 2.19. The second-order valence-electron chi connectivity index (χ2n) is 6.92. The number of aromatic amines is 1. The third-order valence-electron chi connectivity index (χ3n) is 5.27. The molecule has 142 valence electrons. The molecule has 27 heavy (non-hydrogen) atoms. The maximum Gasteiger partial charge on any atom is 0.254 e. The summed E-state index contributed by atoms with van der Waals surface area (Å²) < 4.78 is 5.37. The van der Waals surface area contributed by atoms with E-state index in [1.807, 2.05) is 17.9 Å². The number of nitrogens with one attached hydrogen (secondary N) is 1. The molecule has 0 aromatic carbocycles. The molecule has 1 fully saturated rings. The minimum absolute atomic E-state index is 0.0764. The molecule has 4 heterocycles. The number of carbonyl (C=O) groups is 1. The van der Waals surface area contributed by atoms with Gasteiger partial charge >= 0.3 is 0 Å². The van der Waals surface area contributed by atoms with Crippen LogP contribution in [0.25, 0.3) is 11.4 Å². The Bertz CT molecular complexity index is 877. The monoisotopic (exact) mass is 369 g/mol. The molecule has 0 aliphatic carbocycles. The van der Waals surface area contributed by atoms with Crippen molar-refractivity contribution in [3.63, 3.8) is 0 Å². The molecule has 1 unspecified atom stereocenters. The standard InChI is InChI=1S/C19H23N5O3/c1-13(23-7-9-27-10-8-23)19(26)24-6-4-15-16(12-24)21-17(22-18(15)25)14-3-2-5-20-11-14/h2-3,5,11,13H,4,6-10,12H2,1H3,(H,21,22,25). The summed E-state index contributed by atoms with van der Waals surface area (Å²) in [6.45, 7) is 5.69. The van der Waals surface area contributed by atoms with Crippen LogP contribution in [0.4, 0.5) is 0 Å². The Morgan fingerprint density at radius 3 is 2.85 bits per heavy atom. The number of pyridine rings is 1. The Morgan fingerprint density at radius 2 is 2.11 bits per heavy atom. The summed E-state index contributed by atoms with van der Waals surface area (Å²) in [6, 6.07) is 3.45. The van der Waals surface area contributed by atoms with Crippen molar-refractivity contribution in [1.82, 2.24) is 24.8 Å². The number of rotatable bonds is 3. The van der Waals surface area contributed by atoms with Crippen molar-refractivity contribution < 1.29 is 9.53 Å². The largest absolute Gasteiger partial charge is 0.379 e. The van der Waals surface area contributed by atoms with Crippen molar-refractivity contribution in [2.75, 3.05) is 32.8 Å². The lowest BCUT2D eigenvalue weighted by Crippen LogP contribution is -2.52. The maximum atomic E-state index is 13.0. The number of aromatic nitrogens is 3. The number of fused-ring (bicyclic) bond motifs is 1. The fourth-order valence-electron chi connectivity index (χ4n) is 3.65. The van der Waals surface area contributed by atoms with E-state index in [1.54, 1.807) is 18.5 Å². The first-order chi connectivity index (χ1) is 13.1. The Labute approximate surface area is 157 Å². The molecular weight excluding hydrogens is 346 g/mol. The van der Waals surface area contributed by atoms with Gasteiger partial charge in [-0.3, -0.25) is 19.5 Å². The normalized spacial score (nSPS) is 18.8. The van der Waals surface area contributed by atoms with Crippen LogP contribution in [0.3, 0.4) is 0 Å². The van der Waals surface area contributed by atoms with Crippen LogP contribution in [-0.4, -0.2) is 69.5 Å². The molecule has 8 heteroatoms. The molecule has 2 aromatic heterocycles. The van der Waals surface area contributed by atoms with Crippen molar-refractivity contribution in [2.24, 2.45) is 0 Å². The average molecular weight is 369 g/mol. The number of nitrogens with zero attached hydrogens (tertiary/aromatic N) is 4. The quantitative estimate of drug-likeness (QED) is 0.844. The molecule has 1 saturated heterocycles. The van der Waals surface area contributed by atoms with Gasteiger partial charge in [0.2, 0.25) is 5.91 Å². The van der Waals surface area contributed by atoms with Gasteiger partial charge in [-0.05, 0) is 25.5 Å². The minimum atomic E-state index is -0.199. The van der Waals surface area contributed by atoms with Gasteiger partial charge in [0, 0.05) is 43.2 Å². The number of hydrogen-bond acceptors (Lipinski definition) is 6. The van der Waals surface area contributed by atoms with E-state index in [2.05, 4.69) is 19.9 Å². The van der Waals surface area contributed by atoms with Crippen LogP contribution in [-0.2, 0) is 22.5 Å². The highest BCUT2D eigenvalue weighted by atomic mass is 16.5. The third kappa shape index (κ3) is 3.63. The van der Waals surface area contributed by atoms with Crippen LogP contribution in [0, 0.1) is 0 Å². The summed E-state index contributed by atoms with van der Waals surface area (Å²) in [6.07, 6.45) is 3.86.